The van der Waals surface area contributed by atoms with Gasteiger partial charge in [-0.2, -0.15) is 11.8 Å². The highest BCUT2D eigenvalue weighted by atomic mass is 32.2. The maximum absolute atomic E-state index is 13.0. The monoisotopic (exact) mass is 170 g/mol. The van der Waals surface area contributed by atoms with Gasteiger partial charge < -0.3 is 0 Å². The Morgan fingerprint density at radius 1 is 1.45 bits per heavy atom. The molecule has 0 bridgehead atoms. The summed E-state index contributed by atoms with van der Waals surface area (Å²) in [5.74, 6) is 0.672. The second kappa shape index (κ2) is 3.77. The summed E-state index contributed by atoms with van der Waals surface area (Å²) in [5.41, 5.74) is 1.77. The van der Waals surface area contributed by atoms with Gasteiger partial charge in [0.15, 0.2) is 0 Å². The molecule has 0 aromatic heterocycles. The topological polar surface area (TPSA) is 0 Å². The second-order valence-corrected chi connectivity index (χ2v) is 3.39. The van der Waals surface area contributed by atoms with Gasteiger partial charge in [0.1, 0.15) is 5.82 Å². The molecule has 1 aromatic rings. The van der Waals surface area contributed by atoms with Crippen LogP contribution in [-0.2, 0) is 5.75 Å². The Kier molecular flexibility index (Phi) is 2.94. The van der Waals surface area contributed by atoms with Crippen LogP contribution in [-0.4, -0.2) is 6.26 Å². The minimum atomic E-state index is -0.0839. The van der Waals surface area contributed by atoms with Crippen molar-refractivity contribution in [1.29, 1.82) is 0 Å². The Morgan fingerprint density at radius 3 is 2.73 bits per heavy atom. The molecule has 0 spiro atoms. The summed E-state index contributed by atoms with van der Waals surface area (Å²) in [7, 11) is 0. The lowest BCUT2D eigenvalue weighted by Crippen LogP contribution is -1.87. The molecule has 60 valence electrons. The van der Waals surface area contributed by atoms with Crippen LogP contribution in [0.25, 0.3) is 0 Å². The van der Waals surface area contributed by atoms with Crippen molar-refractivity contribution in [3.63, 3.8) is 0 Å². The van der Waals surface area contributed by atoms with Crippen molar-refractivity contribution in [1.82, 2.24) is 0 Å². The second-order valence-electron chi connectivity index (χ2n) is 2.53. The molecule has 11 heavy (non-hydrogen) atoms. The number of thioether (sulfide) groups is 1. The van der Waals surface area contributed by atoms with Gasteiger partial charge in [0.25, 0.3) is 0 Å². The maximum Gasteiger partial charge on any atom is 0.127 e. The van der Waals surface area contributed by atoms with E-state index in [1.54, 1.807) is 17.8 Å². The smallest absolute Gasteiger partial charge is 0.127 e. The average molecular weight is 170 g/mol. The first-order valence-electron chi connectivity index (χ1n) is 3.48. The van der Waals surface area contributed by atoms with E-state index in [-0.39, 0.29) is 5.82 Å². The molecule has 0 N–H and O–H groups in total. The molecule has 1 aromatic carbocycles. The summed E-state index contributed by atoms with van der Waals surface area (Å²) in [4.78, 5) is 0. The molecule has 0 aliphatic carbocycles. The summed E-state index contributed by atoms with van der Waals surface area (Å²) in [5, 5.41) is 0. The van der Waals surface area contributed by atoms with Gasteiger partial charge in [-0.1, -0.05) is 12.1 Å². The Bertz CT molecular complexity index is 245. The first-order valence-corrected chi connectivity index (χ1v) is 4.87. The maximum atomic E-state index is 13.0. The first-order chi connectivity index (χ1) is 5.24. The van der Waals surface area contributed by atoms with Crippen molar-refractivity contribution >= 4 is 11.8 Å². The zero-order valence-electron chi connectivity index (χ0n) is 6.73. The van der Waals surface area contributed by atoms with Crippen LogP contribution in [0, 0.1) is 12.7 Å². The van der Waals surface area contributed by atoms with E-state index in [2.05, 4.69) is 0 Å². The normalized spacial score (nSPS) is 10.1. The molecule has 0 radical (unpaired) electrons. The molecule has 0 nitrogen and oxygen atoms in total. The number of rotatable bonds is 2. The van der Waals surface area contributed by atoms with Crippen LogP contribution in [0.3, 0.4) is 0 Å². The van der Waals surface area contributed by atoms with E-state index >= 15 is 0 Å². The predicted molar refractivity (Wildman–Crippen MR) is 48.4 cm³/mol. The highest BCUT2D eigenvalue weighted by Gasteiger charge is 1.99. The van der Waals surface area contributed by atoms with Crippen molar-refractivity contribution in [2.75, 3.05) is 6.26 Å². The van der Waals surface area contributed by atoms with E-state index in [9.17, 15) is 4.39 Å². The molecule has 0 atom stereocenters. The Morgan fingerprint density at radius 2 is 2.18 bits per heavy atom. The fourth-order valence-corrected chi connectivity index (χ4v) is 1.47. The molecule has 0 heterocycles. The average Bonchev–Trinajstić information content (AvgIpc) is 1.95. The third-order valence-corrected chi connectivity index (χ3v) is 2.11. The molecule has 0 unspecified atom stereocenters. The fraction of sp³-hybridized carbons (Fsp3) is 0.333. The summed E-state index contributed by atoms with van der Waals surface area (Å²) in [6, 6.07) is 5.36. The summed E-state index contributed by atoms with van der Waals surface area (Å²) >= 11 is 1.63. The van der Waals surface area contributed by atoms with Crippen molar-refractivity contribution in [3.8, 4) is 0 Å². The standard InChI is InChI=1S/C9H11FS/c1-7-3-4-8(6-11-2)9(10)5-7/h3-5H,6H2,1-2H3. The summed E-state index contributed by atoms with van der Waals surface area (Å²) < 4.78 is 13.0. The summed E-state index contributed by atoms with van der Waals surface area (Å²) in [6.45, 7) is 1.89. The molecule has 0 amide bonds. The van der Waals surface area contributed by atoms with Crippen LogP contribution in [0.15, 0.2) is 18.2 Å². The molecule has 2 heteroatoms. The molecule has 0 aliphatic heterocycles. The van der Waals surface area contributed by atoms with Crippen LogP contribution in [0.5, 0.6) is 0 Å². The molecule has 0 saturated heterocycles. The van der Waals surface area contributed by atoms with E-state index in [0.29, 0.717) is 0 Å². The summed E-state index contributed by atoms with van der Waals surface area (Å²) in [6.07, 6.45) is 1.97. The lowest BCUT2D eigenvalue weighted by Gasteiger charge is -2.00. The molecule has 1 rings (SSSR count). The molecular formula is C9H11FS. The van der Waals surface area contributed by atoms with Crippen molar-refractivity contribution in [2.45, 2.75) is 12.7 Å². The van der Waals surface area contributed by atoms with Crippen LogP contribution < -0.4 is 0 Å². The number of hydrogen-bond acceptors (Lipinski definition) is 1. The van der Waals surface area contributed by atoms with E-state index in [0.717, 1.165) is 16.9 Å². The minimum absolute atomic E-state index is 0.0839. The minimum Gasteiger partial charge on any atom is -0.207 e. The zero-order chi connectivity index (χ0) is 8.27. The largest absolute Gasteiger partial charge is 0.207 e. The number of halogens is 1. The zero-order valence-corrected chi connectivity index (χ0v) is 7.54. The van der Waals surface area contributed by atoms with Crippen LogP contribution in [0.2, 0.25) is 0 Å². The van der Waals surface area contributed by atoms with Crippen LogP contribution in [0.4, 0.5) is 4.39 Å². The van der Waals surface area contributed by atoms with Gasteiger partial charge in [-0.25, -0.2) is 4.39 Å². The quantitative estimate of drug-likeness (QED) is 0.657. The van der Waals surface area contributed by atoms with Crippen LogP contribution >= 0.6 is 11.8 Å². The third kappa shape index (κ3) is 2.22. The molecule has 0 fully saturated rings. The Balaban J connectivity index is 2.90. The van der Waals surface area contributed by atoms with Gasteiger partial charge in [-0.05, 0) is 30.4 Å². The Hall–Kier alpha value is -0.500. The van der Waals surface area contributed by atoms with E-state index in [1.807, 2.05) is 25.3 Å². The fourth-order valence-electron chi connectivity index (χ4n) is 0.925. The number of benzene rings is 1. The number of aryl methyl sites for hydroxylation is 1. The predicted octanol–water partition coefficient (Wildman–Crippen LogP) is 3.00. The van der Waals surface area contributed by atoms with Crippen molar-refractivity contribution < 1.29 is 4.39 Å². The van der Waals surface area contributed by atoms with E-state index in [1.165, 1.54) is 0 Å². The van der Waals surface area contributed by atoms with Gasteiger partial charge in [-0.3, -0.25) is 0 Å². The third-order valence-electron chi connectivity index (χ3n) is 1.51. The molecule has 0 aliphatic rings. The van der Waals surface area contributed by atoms with E-state index < -0.39 is 0 Å². The molecule has 0 saturated carbocycles. The van der Waals surface area contributed by atoms with Gasteiger partial charge >= 0.3 is 0 Å². The van der Waals surface area contributed by atoms with Gasteiger partial charge in [0, 0.05) is 5.75 Å². The first kappa shape index (κ1) is 8.60. The van der Waals surface area contributed by atoms with Crippen molar-refractivity contribution in [3.05, 3.63) is 35.1 Å². The van der Waals surface area contributed by atoms with Gasteiger partial charge in [-0.15, -0.1) is 0 Å². The lowest BCUT2D eigenvalue weighted by atomic mass is 10.2. The lowest BCUT2D eigenvalue weighted by molar-refractivity contribution is 0.616. The van der Waals surface area contributed by atoms with Gasteiger partial charge in [0.05, 0.1) is 0 Å². The SMILES string of the molecule is CSCc1ccc(C)cc1F. The number of hydrogen-bond donors (Lipinski definition) is 0. The highest BCUT2D eigenvalue weighted by molar-refractivity contribution is 7.97. The van der Waals surface area contributed by atoms with Gasteiger partial charge in [0.2, 0.25) is 0 Å². The Labute approximate surface area is 70.8 Å². The molecular weight excluding hydrogens is 159 g/mol. The van der Waals surface area contributed by atoms with Crippen molar-refractivity contribution in [2.24, 2.45) is 0 Å². The van der Waals surface area contributed by atoms with E-state index in [4.69, 9.17) is 0 Å². The van der Waals surface area contributed by atoms with Crippen LogP contribution in [0.1, 0.15) is 11.1 Å². The highest BCUT2D eigenvalue weighted by Crippen LogP contribution is 2.14.